The van der Waals surface area contributed by atoms with Gasteiger partial charge in [0.2, 0.25) is 5.91 Å². The predicted molar refractivity (Wildman–Crippen MR) is 152 cm³/mol. The van der Waals surface area contributed by atoms with Crippen LogP contribution in [0.2, 0.25) is 0 Å². The van der Waals surface area contributed by atoms with E-state index in [4.69, 9.17) is 0 Å². The van der Waals surface area contributed by atoms with Gasteiger partial charge in [-0.2, -0.15) is 0 Å². The lowest BCUT2D eigenvalue weighted by Crippen LogP contribution is -2.53. The number of halogens is 1. The number of benzene rings is 1. The Hall–Kier alpha value is -2.85. The number of piperidine rings is 1. The van der Waals surface area contributed by atoms with E-state index in [1.807, 2.05) is 24.1 Å². The number of amides is 3. The number of anilines is 1. The van der Waals surface area contributed by atoms with Gasteiger partial charge in [-0.05, 0) is 81.5 Å². The van der Waals surface area contributed by atoms with E-state index in [0.29, 0.717) is 21.6 Å². The molecule has 2 heterocycles. The smallest absolute Gasteiger partial charge is 0.321 e. The second kappa shape index (κ2) is 13.0. The molecule has 1 saturated heterocycles. The van der Waals surface area contributed by atoms with Crippen LogP contribution in [-0.4, -0.2) is 71.3 Å². The van der Waals surface area contributed by atoms with E-state index in [1.165, 1.54) is 30.4 Å². The van der Waals surface area contributed by atoms with E-state index in [9.17, 15) is 18.8 Å². The molecule has 1 aliphatic carbocycles. The summed E-state index contributed by atoms with van der Waals surface area (Å²) in [5, 5.41) is 6.41. The zero-order valence-electron chi connectivity index (χ0n) is 23.3. The third-order valence-corrected chi connectivity index (χ3v) is 9.36. The van der Waals surface area contributed by atoms with Gasteiger partial charge in [-0.15, -0.1) is 0 Å². The van der Waals surface area contributed by atoms with Crippen molar-refractivity contribution >= 4 is 34.2 Å². The molecular formula is C29H40FN5O3S. The second-order valence-corrected chi connectivity index (χ2v) is 12.1. The Morgan fingerprint density at radius 3 is 2.56 bits per heavy atom. The first-order valence-corrected chi connectivity index (χ1v) is 14.7. The number of nitrogens with zero attached hydrogens (tertiary/aromatic N) is 3. The molecule has 2 N–H and O–H groups in total. The number of urea groups is 1. The summed E-state index contributed by atoms with van der Waals surface area (Å²) in [4.78, 5) is 46.1. The lowest BCUT2D eigenvalue weighted by molar-refractivity contribution is -0.130. The molecule has 1 unspecified atom stereocenters. The number of aromatic nitrogens is 1. The summed E-state index contributed by atoms with van der Waals surface area (Å²) < 4.78 is 13.3. The quantitative estimate of drug-likeness (QED) is 0.451. The number of nitrogens with one attached hydrogen (secondary N) is 2. The van der Waals surface area contributed by atoms with E-state index in [-0.39, 0.29) is 41.5 Å². The normalized spacial score (nSPS) is 23.7. The second-order valence-electron chi connectivity index (χ2n) is 11.1. The molecule has 2 aliphatic rings. The van der Waals surface area contributed by atoms with Crippen LogP contribution in [0.4, 0.5) is 14.3 Å². The predicted octanol–water partition coefficient (Wildman–Crippen LogP) is 4.89. The number of thiazole rings is 1. The molecule has 212 valence electrons. The number of likely N-dealkylation sites (tertiary alicyclic amines) is 1. The molecule has 3 amide bonds. The molecule has 1 aromatic carbocycles. The Bertz CT molecular complexity index is 1170. The standard InChI is InChI=1S/C29H40FN5O3S/c1-18-27(19(2)36)39-29(31-18)33-28(38)32-26-12-11-25(34(4)20(3)37)15-23(26)17-35-13-5-6-22(16-35)14-21-7-9-24(30)10-8-21/h7-10,22-23,25-26H,5-6,11-17H2,1-4H3,(H2,31,32,33,38)/t22-,23-,25+,26?/m0/s1. The SMILES string of the molecule is CC(=O)c1sc(NC(=O)NC2CC[C@@H](N(C)C(C)=O)C[C@H]2CN2CCC[C@@H](Cc3ccc(F)cc3)C2)nc1C. The van der Waals surface area contributed by atoms with Gasteiger partial charge in [0, 0.05) is 46.1 Å². The van der Waals surface area contributed by atoms with Crippen LogP contribution < -0.4 is 10.6 Å². The van der Waals surface area contributed by atoms with Crippen LogP contribution in [-0.2, 0) is 11.2 Å². The topological polar surface area (TPSA) is 94.6 Å². The summed E-state index contributed by atoms with van der Waals surface area (Å²) in [6.45, 7) is 7.68. The van der Waals surface area contributed by atoms with Gasteiger partial charge in [-0.25, -0.2) is 14.2 Å². The van der Waals surface area contributed by atoms with Crippen LogP contribution in [0.3, 0.4) is 0 Å². The highest BCUT2D eigenvalue weighted by atomic mass is 32.1. The van der Waals surface area contributed by atoms with Gasteiger partial charge >= 0.3 is 6.03 Å². The monoisotopic (exact) mass is 557 g/mol. The average Bonchev–Trinajstić information content (AvgIpc) is 3.26. The molecule has 2 aromatic rings. The minimum absolute atomic E-state index is 0.0348. The van der Waals surface area contributed by atoms with E-state index < -0.39 is 0 Å². The van der Waals surface area contributed by atoms with E-state index in [1.54, 1.807) is 13.8 Å². The molecule has 1 aliphatic heterocycles. The summed E-state index contributed by atoms with van der Waals surface area (Å²) >= 11 is 1.19. The van der Waals surface area contributed by atoms with Gasteiger partial charge in [0.15, 0.2) is 10.9 Å². The fourth-order valence-corrected chi connectivity index (χ4v) is 6.94. The van der Waals surface area contributed by atoms with Crippen molar-refractivity contribution in [3.05, 3.63) is 46.2 Å². The molecule has 39 heavy (non-hydrogen) atoms. The summed E-state index contributed by atoms with van der Waals surface area (Å²) in [6.07, 6.45) is 5.61. The maximum atomic E-state index is 13.3. The molecule has 0 bridgehead atoms. The molecule has 2 fully saturated rings. The number of ketones is 1. The van der Waals surface area contributed by atoms with Gasteiger partial charge in [-0.3, -0.25) is 14.9 Å². The Kier molecular flexibility index (Phi) is 9.71. The minimum atomic E-state index is -0.319. The number of hydrogen-bond donors (Lipinski definition) is 2. The van der Waals surface area contributed by atoms with Crippen LogP contribution in [0.25, 0.3) is 0 Å². The first-order valence-electron chi connectivity index (χ1n) is 13.8. The number of hydrogen-bond acceptors (Lipinski definition) is 6. The molecule has 4 atom stereocenters. The number of rotatable bonds is 8. The van der Waals surface area contributed by atoms with E-state index >= 15 is 0 Å². The summed E-state index contributed by atoms with van der Waals surface area (Å²) in [6, 6.07) is 6.59. The number of carbonyl (C=O) groups is 3. The van der Waals surface area contributed by atoms with Crippen molar-refractivity contribution in [1.29, 1.82) is 0 Å². The highest BCUT2D eigenvalue weighted by Gasteiger charge is 2.36. The first-order chi connectivity index (χ1) is 18.6. The summed E-state index contributed by atoms with van der Waals surface area (Å²) in [5.74, 6) is 0.470. The summed E-state index contributed by atoms with van der Waals surface area (Å²) in [7, 11) is 1.86. The Balaban J connectivity index is 1.41. The molecule has 0 radical (unpaired) electrons. The zero-order chi connectivity index (χ0) is 28.1. The molecule has 0 spiro atoms. The van der Waals surface area contributed by atoms with Crippen molar-refractivity contribution in [1.82, 2.24) is 20.1 Å². The maximum Gasteiger partial charge on any atom is 0.321 e. The number of aryl methyl sites for hydroxylation is 1. The molecule has 10 heteroatoms. The Morgan fingerprint density at radius 2 is 1.90 bits per heavy atom. The van der Waals surface area contributed by atoms with Crippen LogP contribution in [0.5, 0.6) is 0 Å². The van der Waals surface area contributed by atoms with Crippen LogP contribution in [0, 0.1) is 24.6 Å². The lowest BCUT2D eigenvalue weighted by atomic mass is 9.80. The van der Waals surface area contributed by atoms with Crippen LogP contribution in [0.1, 0.15) is 66.9 Å². The molecule has 1 saturated carbocycles. The largest absolute Gasteiger partial charge is 0.343 e. The van der Waals surface area contributed by atoms with Crippen molar-refractivity contribution in [2.75, 3.05) is 32.0 Å². The highest BCUT2D eigenvalue weighted by molar-refractivity contribution is 7.17. The van der Waals surface area contributed by atoms with Crippen LogP contribution in [0.15, 0.2) is 24.3 Å². The highest BCUT2D eigenvalue weighted by Crippen LogP contribution is 2.31. The van der Waals surface area contributed by atoms with Gasteiger partial charge in [0.05, 0.1) is 10.6 Å². The lowest BCUT2D eigenvalue weighted by Gasteiger charge is -2.43. The van der Waals surface area contributed by atoms with Crippen LogP contribution >= 0.6 is 11.3 Å². The minimum Gasteiger partial charge on any atom is -0.343 e. The van der Waals surface area contributed by atoms with Crippen molar-refractivity contribution in [2.45, 2.75) is 71.4 Å². The Morgan fingerprint density at radius 1 is 1.15 bits per heavy atom. The van der Waals surface area contributed by atoms with Crippen molar-refractivity contribution in [2.24, 2.45) is 11.8 Å². The fraction of sp³-hybridized carbons (Fsp3) is 0.586. The maximum absolute atomic E-state index is 13.3. The third-order valence-electron chi connectivity index (χ3n) is 8.19. The first kappa shape index (κ1) is 29.1. The number of carbonyl (C=O) groups excluding carboxylic acids is 3. The van der Waals surface area contributed by atoms with Gasteiger partial charge in [0.25, 0.3) is 0 Å². The zero-order valence-corrected chi connectivity index (χ0v) is 24.2. The van der Waals surface area contributed by atoms with E-state index in [0.717, 1.165) is 63.7 Å². The van der Waals surface area contributed by atoms with Crippen molar-refractivity contribution in [3.63, 3.8) is 0 Å². The molecule has 8 nitrogen and oxygen atoms in total. The summed E-state index contributed by atoms with van der Waals surface area (Å²) in [5.41, 5.74) is 1.78. The van der Waals surface area contributed by atoms with Gasteiger partial charge in [-0.1, -0.05) is 23.5 Å². The van der Waals surface area contributed by atoms with E-state index in [2.05, 4.69) is 20.5 Å². The third kappa shape index (κ3) is 7.85. The average molecular weight is 558 g/mol. The molecular weight excluding hydrogens is 517 g/mol. The fourth-order valence-electron chi connectivity index (χ4n) is 6.09. The van der Waals surface area contributed by atoms with Gasteiger partial charge < -0.3 is 15.1 Å². The van der Waals surface area contributed by atoms with Crippen molar-refractivity contribution < 1.29 is 18.8 Å². The molecule has 1 aromatic heterocycles. The molecule has 4 rings (SSSR count). The van der Waals surface area contributed by atoms with Gasteiger partial charge in [0.1, 0.15) is 5.82 Å². The Labute approximate surface area is 234 Å². The number of Topliss-reactive ketones (excluding diaryl/α,β-unsaturated/α-hetero) is 1. The van der Waals surface area contributed by atoms with Crippen molar-refractivity contribution in [3.8, 4) is 0 Å².